The van der Waals surface area contributed by atoms with Crippen LogP contribution in [0.15, 0.2) is 24.5 Å². The molecule has 1 aromatic rings. The highest BCUT2D eigenvalue weighted by Gasteiger charge is 2.16. The molecule has 2 rings (SSSR count). The zero-order valence-electron chi connectivity index (χ0n) is 8.98. The third kappa shape index (κ3) is 3.20. The number of piperidine rings is 1. The van der Waals surface area contributed by atoms with E-state index in [0.29, 0.717) is 5.75 Å². The van der Waals surface area contributed by atoms with E-state index >= 15 is 0 Å². The van der Waals surface area contributed by atoms with E-state index in [4.69, 9.17) is 4.74 Å². The van der Waals surface area contributed by atoms with E-state index in [1.807, 2.05) is 0 Å². The number of nitrogens with zero attached hydrogens (tertiary/aromatic N) is 1. The molecule has 0 spiro atoms. The van der Waals surface area contributed by atoms with Crippen LogP contribution in [0.4, 0.5) is 4.79 Å². The van der Waals surface area contributed by atoms with Gasteiger partial charge in [0.25, 0.3) is 0 Å². The Labute approximate surface area is 94.2 Å². The van der Waals surface area contributed by atoms with Crippen molar-refractivity contribution in [1.82, 2.24) is 15.6 Å². The molecule has 0 saturated carbocycles. The number of carbonyl (C=O) groups excluding carboxylic acids is 1. The standard InChI is InChI=1S/C11H15N3O2/c15-11(14-9-1-5-12-6-2-9)16-10-3-7-13-8-4-10/h3-4,7-9,12H,1-2,5-6H2,(H,14,15). The molecule has 1 saturated heterocycles. The monoisotopic (exact) mass is 221 g/mol. The molecule has 0 atom stereocenters. The van der Waals surface area contributed by atoms with Gasteiger partial charge in [-0.15, -0.1) is 0 Å². The van der Waals surface area contributed by atoms with Crippen molar-refractivity contribution in [2.24, 2.45) is 0 Å². The SMILES string of the molecule is O=C(NC1CCNCC1)Oc1ccncc1. The summed E-state index contributed by atoms with van der Waals surface area (Å²) < 4.78 is 5.11. The first-order valence-electron chi connectivity index (χ1n) is 5.44. The second-order valence-corrected chi connectivity index (χ2v) is 3.74. The highest BCUT2D eigenvalue weighted by Crippen LogP contribution is 2.08. The Kier molecular flexibility index (Phi) is 3.71. The van der Waals surface area contributed by atoms with E-state index in [9.17, 15) is 4.79 Å². The van der Waals surface area contributed by atoms with Gasteiger partial charge in [-0.25, -0.2) is 4.79 Å². The Bertz CT molecular complexity index is 336. The fourth-order valence-corrected chi connectivity index (χ4v) is 1.68. The number of ether oxygens (including phenoxy) is 1. The van der Waals surface area contributed by atoms with Crippen LogP contribution in [-0.4, -0.2) is 30.2 Å². The minimum atomic E-state index is -0.391. The Morgan fingerprint density at radius 3 is 2.75 bits per heavy atom. The number of pyridine rings is 1. The van der Waals surface area contributed by atoms with Crippen LogP contribution in [0.5, 0.6) is 5.75 Å². The molecule has 1 aliphatic heterocycles. The van der Waals surface area contributed by atoms with Gasteiger partial charge in [0.1, 0.15) is 5.75 Å². The van der Waals surface area contributed by atoms with Crippen LogP contribution in [0, 0.1) is 0 Å². The van der Waals surface area contributed by atoms with Gasteiger partial charge in [-0.2, -0.15) is 0 Å². The summed E-state index contributed by atoms with van der Waals surface area (Å²) in [4.78, 5) is 15.4. The van der Waals surface area contributed by atoms with Gasteiger partial charge in [0.15, 0.2) is 0 Å². The zero-order chi connectivity index (χ0) is 11.2. The maximum atomic E-state index is 11.5. The molecule has 16 heavy (non-hydrogen) atoms. The quantitative estimate of drug-likeness (QED) is 0.779. The van der Waals surface area contributed by atoms with Gasteiger partial charge in [0.2, 0.25) is 0 Å². The average molecular weight is 221 g/mol. The molecule has 0 aliphatic carbocycles. The molecule has 0 bridgehead atoms. The highest BCUT2D eigenvalue weighted by molar-refractivity contribution is 5.70. The highest BCUT2D eigenvalue weighted by atomic mass is 16.6. The number of amides is 1. The van der Waals surface area contributed by atoms with Crippen molar-refractivity contribution in [2.45, 2.75) is 18.9 Å². The lowest BCUT2D eigenvalue weighted by molar-refractivity contribution is 0.192. The van der Waals surface area contributed by atoms with Crippen molar-refractivity contribution in [3.63, 3.8) is 0 Å². The molecule has 86 valence electrons. The second kappa shape index (κ2) is 5.46. The molecule has 2 heterocycles. The molecule has 0 radical (unpaired) electrons. The minimum Gasteiger partial charge on any atom is -0.410 e. The summed E-state index contributed by atoms with van der Waals surface area (Å²) in [6.07, 6.45) is 4.69. The minimum absolute atomic E-state index is 0.218. The number of aromatic nitrogens is 1. The van der Waals surface area contributed by atoms with Crippen molar-refractivity contribution in [3.05, 3.63) is 24.5 Å². The van der Waals surface area contributed by atoms with Gasteiger partial charge in [0, 0.05) is 18.4 Å². The molecule has 5 heteroatoms. The van der Waals surface area contributed by atoms with Gasteiger partial charge in [-0.05, 0) is 38.1 Å². The van der Waals surface area contributed by atoms with Crippen LogP contribution in [0.2, 0.25) is 0 Å². The zero-order valence-corrected chi connectivity index (χ0v) is 8.98. The van der Waals surface area contributed by atoms with Gasteiger partial charge < -0.3 is 15.4 Å². The first-order valence-corrected chi connectivity index (χ1v) is 5.44. The predicted molar refractivity (Wildman–Crippen MR) is 59.3 cm³/mol. The summed E-state index contributed by atoms with van der Waals surface area (Å²) in [5.74, 6) is 0.515. The lowest BCUT2D eigenvalue weighted by Crippen LogP contribution is -2.43. The fraction of sp³-hybridized carbons (Fsp3) is 0.455. The van der Waals surface area contributed by atoms with Crippen molar-refractivity contribution in [3.8, 4) is 5.75 Å². The third-order valence-electron chi connectivity index (χ3n) is 2.52. The first kappa shape index (κ1) is 10.9. The maximum Gasteiger partial charge on any atom is 0.412 e. The predicted octanol–water partition coefficient (Wildman–Crippen LogP) is 0.922. The molecule has 1 amide bonds. The van der Waals surface area contributed by atoms with Crippen molar-refractivity contribution >= 4 is 6.09 Å². The third-order valence-corrected chi connectivity index (χ3v) is 2.52. The summed E-state index contributed by atoms with van der Waals surface area (Å²) in [5, 5.41) is 6.08. The lowest BCUT2D eigenvalue weighted by Gasteiger charge is -2.23. The Morgan fingerprint density at radius 2 is 2.06 bits per heavy atom. The maximum absolute atomic E-state index is 11.5. The Balaban J connectivity index is 1.80. The second-order valence-electron chi connectivity index (χ2n) is 3.74. The van der Waals surface area contributed by atoms with Crippen LogP contribution in [0.3, 0.4) is 0 Å². The van der Waals surface area contributed by atoms with Gasteiger partial charge in [-0.1, -0.05) is 0 Å². The Morgan fingerprint density at radius 1 is 1.38 bits per heavy atom. The first-order chi connectivity index (χ1) is 7.84. The molecule has 0 unspecified atom stereocenters. The van der Waals surface area contributed by atoms with E-state index in [-0.39, 0.29) is 6.04 Å². The largest absolute Gasteiger partial charge is 0.412 e. The van der Waals surface area contributed by atoms with E-state index in [2.05, 4.69) is 15.6 Å². The van der Waals surface area contributed by atoms with E-state index < -0.39 is 6.09 Å². The van der Waals surface area contributed by atoms with Crippen molar-refractivity contribution in [2.75, 3.05) is 13.1 Å². The summed E-state index contributed by atoms with van der Waals surface area (Å²) in [7, 11) is 0. The molecule has 1 fully saturated rings. The van der Waals surface area contributed by atoms with Crippen LogP contribution >= 0.6 is 0 Å². The van der Waals surface area contributed by atoms with Crippen LogP contribution in [-0.2, 0) is 0 Å². The molecule has 2 N–H and O–H groups in total. The number of nitrogens with one attached hydrogen (secondary N) is 2. The van der Waals surface area contributed by atoms with Crippen molar-refractivity contribution in [1.29, 1.82) is 0 Å². The van der Waals surface area contributed by atoms with Crippen LogP contribution in [0.25, 0.3) is 0 Å². The summed E-state index contributed by atoms with van der Waals surface area (Å²) >= 11 is 0. The topological polar surface area (TPSA) is 63.2 Å². The average Bonchev–Trinajstić information content (AvgIpc) is 2.31. The Hall–Kier alpha value is -1.62. The van der Waals surface area contributed by atoms with Gasteiger partial charge in [-0.3, -0.25) is 4.98 Å². The molecular formula is C11H15N3O2. The smallest absolute Gasteiger partial charge is 0.410 e. The normalized spacial score (nSPS) is 16.8. The molecular weight excluding hydrogens is 206 g/mol. The molecule has 0 aromatic carbocycles. The number of hydrogen-bond donors (Lipinski definition) is 2. The summed E-state index contributed by atoms with van der Waals surface area (Å²) in [6.45, 7) is 1.89. The number of carbonyl (C=O) groups is 1. The number of rotatable bonds is 2. The van der Waals surface area contributed by atoms with Crippen LogP contribution in [0.1, 0.15) is 12.8 Å². The molecule has 5 nitrogen and oxygen atoms in total. The molecule has 1 aromatic heterocycles. The fourth-order valence-electron chi connectivity index (χ4n) is 1.68. The number of hydrogen-bond acceptors (Lipinski definition) is 4. The van der Waals surface area contributed by atoms with E-state index in [0.717, 1.165) is 25.9 Å². The van der Waals surface area contributed by atoms with E-state index in [1.165, 1.54) is 0 Å². The van der Waals surface area contributed by atoms with Crippen LogP contribution < -0.4 is 15.4 Å². The lowest BCUT2D eigenvalue weighted by atomic mass is 10.1. The summed E-state index contributed by atoms with van der Waals surface area (Å²) in [5.41, 5.74) is 0. The molecule has 1 aliphatic rings. The van der Waals surface area contributed by atoms with Gasteiger partial charge in [0.05, 0.1) is 0 Å². The summed E-state index contributed by atoms with van der Waals surface area (Å²) in [6, 6.07) is 3.53. The van der Waals surface area contributed by atoms with Gasteiger partial charge >= 0.3 is 6.09 Å². The van der Waals surface area contributed by atoms with E-state index in [1.54, 1.807) is 24.5 Å². The van der Waals surface area contributed by atoms with Crippen molar-refractivity contribution < 1.29 is 9.53 Å².